The number of carbonyl (C=O) groups is 1. The number of benzene rings is 1. The summed E-state index contributed by atoms with van der Waals surface area (Å²) in [7, 11) is 1.73. The lowest BCUT2D eigenvalue weighted by atomic mass is 9.95. The Balaban J connectivity index is 1.40. The van der Waals surface area contributed by atoms with Crippen LogP contribution in [0, 0.1) is 11.8 Å². The maximum Gasteiger partial charge on any atom is 0.256 e. The number of fused-ring (bicyclic) bond motifs is 3. The third-order valence-corrected chi connectivity index (χ3v) is 6.46. The normalized spacial score (nSPS) is 35.4. The molecule has 4 heteroatoms. The molecule has 5 rings (SSSR count). The summed E-state index contributed by atoms with van der Waals surface area (Å²) in [4.78, 5) is 12.4. The summed E-state index contributed by atoms with van der Waals surface area (Å²) in [5.41, 5.74) is 3.53. The Bertz CT molecular complexity index is 853. The Morgan fingerprint density at radius 1 is 1.15 bits per heavy atom. The van der Waals surface area contributed by atoms with Crippen molar-refractivity contribution in [2.45, 2.75) is 44.0 Å². The van der Waals surface area contributed by atoms with Crippen LogP contribution in [0.3, 0.4) is 0 Å². The minimum atomic E-state index is -0.101. The fraction of sp³-hybridized carbons (Fsp3) is 0.435. The molecule has 5 atom stereocenters. The summed E-state index contributed by atoms with van der Waals surface area (Å²) in [5, 5.41) is 2.93. The van der Waals surface area contributed by atoms with Crippen molar-refractivity contribution in [3.05, 3.63) is 59.7 Å². The van der Waals surface area contributed by atoms with Crippen molar-refractivity contribution in [2.24, 2.45) is 11.8 Å². The van der Waals surface area contributed by atoms with Gasteiger partial charge < -0.3 is 14.8 Å². The van der Waals surface area contributed by atoms with Crippen LogP contribution in [0.1, 0.15) is 31.2 Å². The zero-order valence-corrected chi connectivity index (χ0v) is 15.6. The van der Waals surface area contributed by atoms with Crippen LogP contribution >= 0.6 is 0 Å². The number of hydrogen-bond donors (Lipinski definition) is 1. The number of hydrogen-bond acceptors (Lipinski definition) is 3. The molecule has 2 bridgehead atoms. The smallest absolute Gasteiger partial charge is 0.256 e. The Morgan fingerprint density at radius 2 is 2.04 bits per heavy atom. The molecule has 0 radical (unpaired) electrons. The fourth-order valence-corrected chi connectivity index (χ4v) is 5.08. The highest BCUT2D eigenvalue weighted by Crippen LogP contribution is 2.46. The standard InChI is InChI=1S/C23H25NO3/c1-26-20-9-7-15(11-18-17-4-2-3-5-19(17)24-23(18)25)13-22(20)27-21-12-14-6-8-16(21)10-14/h2-5,7,9,11,13-14,16,20-22H,6,8,10,12H2,1H3,(H,24,25)/b18-11+. The van der Waals surface area contributed by atoms with E-state index in [4.69, 9.17) is 9.47 Å². The van der Waals surface area contributed by atoms with Gasteiger partial charge in [-0.1, -0.05) is 30.4 Å². The van der Waals surface area contributed by atoms with Gasteiger partial charge in [-0.05, 0) is 61.3 Å². The number of nitrogens with one attached hydrogen (secondary N) is 1. The molecule has 5 unspecified atom stereocenters. The molecule has 2 saturated carbocycles. The van der Waals surface area contributed by atoms with Gasteiger partial charge in [0.2, 0.25) is 0 Å². The summed E-state index contributed by atoms with van der Waals surface area (Å²) < 4.78 is 12.1. The topological polar surface area (TPSA) is 47.6 Å². The van der Waals surface area contributed by atoms with Gasteiger partial charge in [-0.3, -0.25) is 4.79 Å². The van der Waals surface area contributed by atoms with E-state index >= 15 is 0 Å². The number of methoxy groups -OCH3 is 1. The van der Waals surface area contributed by atoms with Gasteiger partial charge in [0.1, 0.15) is 12.2 Å². The zero-order valence-electron chi connectivity index (χ0n) is 15.6. The summed E-state index contributed by atoms with van der Waals surface area (Å²) >= 11 is 0. The Kier molecular flexibility index (Phi) is 4.25. The van der Waals surface area contributed by atoms with E-state index in [2.05, 4.69) is 11.4 Å². The second kappa shape index (κ2) is 6.77. The van der Waals surface area contributed by atoms with Crippen molar-refractivity contribution < 1.29 is 14.3 Å². The van der Waals surface area contributed by atoms with Crippen molar-refractivity contribution in [1.82, 2.24) is 0 Å². The minimum absolute atomic E-state index is 0.0510. The molecule has 1 heterocycles. The van der Waals surface area contributed by atoms with Crippen molar-refractivity contribution >= 4 is 17.2 Å². The molecule has 3 aliphatic carbocycles. The van der Waals surface area contributed by atoms with Gasteiger partial charge in [-0.25, -0.2) is 0 Å². The highest BCUT2D eigenvalue weighted by molar-refractivity contribution is 6.31. The van der Waals surface area contributed by atoms with Gasteiger partial charge in [0.15, 0.2) is 0 Å². The van der Waals surface area contributed by atoms with Crippen LogP contribution in [0.15, 0.2) is 54.1 Å². The molecule has 4 nitrogen and oxygen atoms in total. The van der Waals surface area contributed by atoms with E-state index in [0.29, 0.717) is 17.6 Å². The first-order chi connectivity index (χ1) is 13.2. The molecule has 1 aliphatic heterocycles. The molecule has 1 amide bonds. The van der Waals surface area contributed by atoms with E-state index in [1.807, 2.05) is 42.5 Å². The molecule has 0 spiro atoms. The molecular formula is C23H25NO3. The largest absolute Gasteiger partial charge is 0.374 e. The predicted octanol–water partition coefficient (Wildman–Crippen LogP) is 4.11. The number of allylic oxidation sites excluding steroid dienone is 3. The Labute approximate surface area is 159 Å². The van der Waals surface area contributed by atoms with E-state index in [9.17, 15) is 4.79 Å². The molecule has 2 fully saturated rings. The average Bonchev–Trinajstić information content (AvgIpc) is 3.37. The molecule has 0 saturated heterocycles. The number of ether oxygens (including phenoxy) is 2. The van der Waals surface area contributed by atoms with E-state index in [-0.39, 0.29) is 18.1 Å². The summed E-state index contributed by atoms with van der Waals surface area (Å²) in [6, 6.07) is 7.80. The van der Waals surface area contributed by atoms with E-state index in [0.717, 1.165) is 22.7 Å². The highest BCUT2D eigenvalue weighted by atomic mass is 16.5. The van der Waals surface area contributed by atoms with Crippen LogP contribution in [0.4, 0.5) is 5.69 Å². The lowest BCUT2D eigenvalue weighted by Crippen LogP contribution is -2.35. The van der Waals surface area contributed by atoms with Crippen molar-refractivity contribution in [3.8, 4) is 0 Å². The first kappa shape index (κ1) is 17.0. The van der Waals surface area contributed by atoms with Gasteiger partial charge >= 0.3 is 0 Å². The second-order valence-corrected chi connectivity index (χ2v) is 8.10. The van der Waals surface area contributed by atoms with Crippen LogP contribution < -0.4 is 5.32 Å². The quantitative estimate of drug-likeness (QED) is 0.819. The Hall–Kier alpha value is -2.17. The summed E-state index contributed by atoms with van der Waals surface area (Å²) in [6.45, 7) is 0. The molecule has 0 aromatic heterocycles. The molecule has 4 aliphatic rings. The first-order valence-electron chi connectivity index (χ1n) is 9.92. The number of rotatable bonds is 4. The number of para-hydroxylation sites is 1. The van der Waals surface area contributed by atoms with Gasteiger partial charge in [0.25, 0.3) is 5.91 Å². The number of amides is 1. The predicted molar refractivity (Wildman–Crippen MR) is 105 cm³/mol. The lowest BCUT2D eigenvalue weighted by molar-refractivity contribution is -0.110. The van der Waals surface area contributed by atoms with Gasteiger partial charge in [0.05, 0.1) is 6.10 Å². The molecule has 1 aromatic carbocycles. The monoisotopic (exact) mass is 363 g/mol. The third kappa shape index (κ3) is 3.07. The number of anilines is 1. The second-order valence-electron chi connectivity index (χ2n) is 8.10. The molecule has 1 aromatic rings. The molecular weight excluding hydrogens is 338 g/mol. The minimum Gasteiger partial charge on any atom is -0.374 e. The summed E-state index contributed by atoms with van der Waals surface area (Å²) in [5.74, 6) is 1.51. The number of carbonyl (C=O) groups excluding carboxylic acids is 1. The van der Waals surface area contributed by atoms with E-state index < -0.39 is 0 Å². The molecule has 1 N–H and O–H groups in total. The Morgan fingerprint density at radius 3 is 2.81 bits per heavy atom. The van der Waals surface area contributed by atoms with Crippen LogP contribution in [-0.2, 0) is 14.3 Å². The summed E-state index contributed by atoms with van der Waals surface area (Å²) in [6.07, 6.45) is 13.5. The average molecular weight is 363 g/mol. The molecule has 140 valence electrons. The van der Waals surface area contributed by atoms with Crippen LogP contribution in [0.2, 0.25) is 0 Å². The van der Waals surface area contributed by atoms with E-state index in [1.54, 1.807) is 7.11 Å². The maximum absolute atomic E-state index is 12.4. The van der Waals surface area contributed by atoms with Gasteiger partial charge in [0, 0.05) is 23.9 Å². The van der Waals surface area contributed by atoms with Crippen molar-refractivity contribution in [1.29, 1.82) is 0 Å². The van der Waals surface area contributed by atoms with Crippen LogP contribution in [0.5, 0.6) is 0 Å². The van der Waals surface area contributed by atoms with Crippen LogP contribution in [-0.4, -0.2) is 31.3 Å². The fourth-order valence-electron chi connectivity index (χ4n) is 5.08. The van der Waals surface area contributed by atoms with Gasteiger partial charge in [-0.15, -0.1) is 0 Å². The zero-order chi connectivity index (χ0) is 18.4. The molecule has 27 heavy (non-hydrogen) atoms. The van der Waals surface area contributed by atoms with Gasteiger partial charge in [-0.2, -0.15) is 0 Å². The first-order valence-corrected chi connectivity index (χ1v) is 9.92. The maximum atomic E-state index is 12.4. The third-order valence-electron chi connectivity index (χ3n) is 6.46. The SMILES string of the molecule is COC1C=CC(/C=C2/C(=O)Nc3ccccc32)=CC1OC1CC2CCC1C2. The van der Waals surface area contributed by atoms with Crippen molar-refractivity contribution in [2.75, 3.05) is 12.4 Å². The van der Waals surface area contributed by atoms with Crippen LogP contribution in [0.25, 0.3) is 5.57 Å². The van der Waals surface area contributed by atoms with E-state index in [1.165, 1.54) is 25.7 Å². The highest BCUT2D eigenvalue weighted by Gasteiger charge is 2.42. The van der Waals surface area contributed by atoms with Crippen molar-refractivity contribution in [3.63, 3.8) is 0 Å². The lowest BCUT2D eigenvalue weighted by Gasteiger charge is -2.31.